The van der Waals surface area contributed by atoms with Crippen molar-refractivity contribution in [2.24, 2.45) is 0 Å². The van der Waals surface area contributed by atoms with E-state index in [1.54, 1.807) is 12.1 Å². The van der Waals surface area contributed by atoms with Gasteiger partial charge < -0.3 is 5.32 Å². The van der Waals surface area contributed by atoms with Gasteiger partial charge in [0.25, 0.3) is 0 Å². The average Bonchev–Trinajstić information content (AvgIpc) is 3.13. The van der Waals surface area contributed by atoms with Crippen molar-refractivity contribution >= 4 is 5.91 Å². The third-order valence-electron chi connectivity index (χ3n) is 3.19. The van der Waals surface area contributed by atoms with Gasteiger partial charge in [0.2, 0.25) is 5.91 Å². The second-order valence-electron chi connectivity index (χ2n) is 4.94. The highest BCUT2D eigenvalue weighted by Gasteiger charge is 2.26. The van der Waals surface area contributed by atoms with E-state index in [0.717, 1.165) is 18.4 Å². The van der Waals surface area contributed by atoms with Gasteiger partial charge >= 0.3 is 0 Å². The van der Waals surface area contributed by atoms with Crippen molar-refractivity contribution in [3.05, 3.63) is 35.6 Å². The van der Waals surface area contributed by atoms with Gasteiger partial charge in [0, 0.05) is 12.1 Å². The van der Waals surface area contributed by atoms with Gasteiger partial charge in [-0.2, -0.15) is 0 Å². The normalized spacial score (nSPS) is 18.2. The van der Waals surface area contributed by atoms with Crippen molar-refractivity contribution in [2.75, 3.05) is 0 Å². The van der Waals surface area contributed by atoms with Crippen LogP contribution in [0.15, 0.2) is 24.3 Å². The predicted molar refractivity (Wildman–Crippen MR) is 68.6 cm³/mol. The van der Waals surface area contributed by atoms with Gasteiger partial charge in [0.1, 0.15) is 5.82 Å². The van der Waals surface area contributed by atoms with Crippen molar-refractivity contribution in [3.63, 3.8) is 0 Å². The molecule has 0 saturated heterocycles. The molecule has 4 heteroatoms. The van der Waals surface area contributed by atoms with Crippen LogP contribution in [0, 0.1) is 5.82 Å². The standard InChI is InChI=1S/C14H19FN2O/c1-9(11-3-5-12(15)6-4-11)16-10(2)14(18)17-13-7-8-13/h3-6,9-10,13,16H,7-8H2,1-2H3,(H,17,18)/t9-,10?/m0/s1. The summed E-state index contributed by atoms with van der Waals surface area (Å²) in [7, 11) is 0. The van der Waals surface area contributed by atoms with E-state index in [1.807, 2.05) is 13.8 Å². The minimum absolute atomic E-state index is 0.0190. The van der Waals surface area contributed by atoms with E-state index in [4.69, 9.17) is 0 Å². The molecule has 18 heavy (non-hydrogen) atoms. The van der Waals surface area contributed by atoms with Crippen molar-refractivity contribution in [2.45, 2.75) is 44.8 Å². The molecule has 1 aromatic carbocycles. The van der Waals surface area contributed by atoms with E-state index in [9.17, 15) is 9.18 Å². The summed E-state index contributed by atoms with van der Waals surface area (Å²) in [6.07, 6.45) is 2.18. The van der Waals surface area contributed by atoms with Crippen LogP contribution in [0.3, 0.4) is 0 Å². The summed E-state index contributed by atoms with van der Waals surface area (Å²) < 4.78 is 12.8. The molecule has 0 aliphatic heterocycles. The largest absolute Gasteiger partial charge is 0.352 e. The van der Waals surface area contributed by atoms with Crippen LogP contribution < -0.4 is 10.6 Å². The highest BCUT2D eigenvalue weighted by atomic mass is 19.1. The van der Waals surface area contributed by atoms with Gasteiger partial charge in [-0.1, -0.05) is 12.1 Å². The van der Waals surface area contributed by atoms with E-state index in [2.05, 4.69) is 10.6 Å². The Labute approximate surface area is 107 Å². The summed E-state index contributed by atoms with van der Waals surface area (Å²) >= 11 is 0. The summed E-state index contributed by atoms with van der Waals surface area (Å²) in [6, 6.07) is 6.49. The highest BCUT2D eigenvalue weighted by molar-refractivity contribution is 5.81. The van der Waals surface area contributed by atoms with Gasteiger partial charge in [-0.3, -0.25) is 10.1 Å². The molecule has 1 aliphatic rings. The molecule has 98 valence electrons. The Morgan fingerprint density at radius 1 is 1.28 bits per heavy atom. The fourth-order valence-corrected chi connectivity index (χ4v) is 1.85. The molecule has 1 fully saturated rings. The lowest BCUT2D eigenvalue weighted by Gasteiger charge is -2.20. The van der Waals surface area contributed by atoms with Crippen LogP contribution in [0.5, 0.6) is 0 Å². The zero-order chi connectivity index (χ0) is 13.1. The smallest absolute Gasteiger partial charge is 0.237 e. The molecule has 0 radical (unpaired) electrons. The molecule has 2 atom stereocenters. The Morgan fingerprint density at radius 3 is 2.44 bits per heavy atom. The number of carbonyl (C=O) groups is 1. The second kappa shape index (κ2) is 5.48. The van der Waals surface area contributed by atoms with Crippen molar-refractivity contribution in [3.8, 4) is 0 Å². The van der Waals surface area contributed by atoms with Crippen molar-refractivity contribution < 1.29 is 9.18 Å². The fraction of sp³-hybridized carbons (Fsp3) is 0.500. The maximum absolute atomic E-state index is 12.8. The number of hydrogen-bond acceptors (Lipinski definition) is 2. The fourth-order valence-electron chi connectivity index (χ4n) is 1.85. The molecule has 0 spiro atoms. The van der Waals surface area contributed by atoms with E-state index < -0.39 is 0 Å². The minimum Gasteiger partial charge on any atom is -0.352 e. The Hall–Kier alpha value is -1.42. The topological polar surface area (TPSA) is 41.1 Å². The third kappa shape index (κ3) is 3.53. The Kier molecular flexibility index (Phi) is 3.97. The zero-order valence-corrected chi connectivity index (χ0v) is 10.7. The highest BCUT2D eigenvalue weighted by Crippen LogP contribution is 2.19. The van der Waals surface area contributed by atoms with Gasteiger partial charge in [0.15, 0.2) is 0 Å². The van der Waals surface area contributed by atoms with Crippen LogP contribution in [0.25, 0.3) is 0 Å². The second-order valence-corrected chi connectivity index (χ2v) is 4.94. The van der Waals surface area contributed by atoms with E-state index >= 15 is 0 Å². The number of carbonyl (C=O) groups excluding carboxylic acids is 1. The molecule has 0 aromatic heterocycles. The van der Waals surface area contributed by atoms with Crippen LogP contribution in [-0.2, 0) is 4.79 Å². The molecular weight excluding hydrogens is 231 g/mol. The molecule has 0 heterocycles. The van der Waals surface area contributed by atoms with Gasteiger partial charge in [-0.05, 0) is 44.4 Å². The summed E-state index contributed by atoms with van der Waals surface area (Å²) in [5.41, 5.74) is 0.975. The summed E-state index contributed by atoms with van der Waals surface area (Å²) in [5, 5.41) is 6.17. The first kappa shape index (κ1) is 13.0. The number of benzene rings is 1. The Bertz CT molecular complexity index is 414. The van der Waals surface area contributed by atoms with Crippen LogP contribution in [0.4, 0.5) is 4.39 Å². The zero-order valence-electron chi connectivity index (χ0n) is 10.7. The quantitative estimate of drug-likeness (QED) is 0.840. The summed E-state index contributed by atoms with van der Waals surface area (Å²) in [6.45, 7) is 3.81. The number of hydrogen-bond donors (Lipinski definition) is 2. The van der Waals surface area contributed by atoms with Gasteiger partial charge in [0.05, 0.1) is 6.04 Å². The molecule has 1 unspecified atom stereocenters. The summed E-state index contributed by atoms with van der Waals surface area (Å²) in [4.78, 5) is 11.8. The maximum atomic E-state index is 12.8. The van der Waals surface area contributed by atoms with Gasteiger partial charge in [-0.25, -0.2) is 4.39 Å². The number of rotatable bonds is 5. The van der Waals surface area contributed by atoms with Crippen LogP contribution in [0.1, 0.15) is 38.3 Å². The van der Waals surface area contributed by atoms with Crippen molar-refractivity contribution in [1.29, 1.82) is 0 Å². The molecule has 1 aromatic rings. The number of amides is 1. The lowest BCUT2D eigenvalue weighted by molar-refractivity contribution is -0.123. The molecular formula is C14H19FN2O. The molecule has 1 aliphatic carbocycles. The average molecular weight is 250 g/mol. The van der Waals surface area contributed by atoms with E-state index in [0.29, 0.717) is 6.04 Å². The third-order valence-corrected chi connectivity index (χ3v) is 3.19. The lowest BCUT2D eigenvalue weighted by Crippen LogP contribution is -2.43. The van der Waals surface area contributed by atoms with Crippen LogP contribution >= 0.6 is 0 Å². The minimum atomic E-state index is -0.245. The van der Waals surface area contributed by atoms with Crippen LogP contribution in [0.2, 0.25) is 0 Å². The number of nitrogens with one attached hydrogen (secondary N) is 2. The molecule has 3 nitrogen and oxygen atoms in total. The lowest BCUT2D eigenvalue weighted by atomic mass is 10.1. The first-order valence-corrected chi connectivity index (χ1v) is 6.38. The Balaban J connectivity index is 1.87. The first-order chi connectivity index (χ1) is 8.56. The summed E-state index contributed by atoms with van der Waals surface area (Å²) in [5.74, 6) is -0.211. The molecule has 1 amide bonds. The van der Waals surface area contributed by atoms with E-state index in [-0.39, 0.29) is 23.8 Å². The van der Waals surface area contributed by atoms with Gasteiger partial charge in [-0.15, -0.1) is 0 Å². The maximum Gasteiger partial charge on any atom is 0.237 e. The van der Waals surface area contributed by atoms with E-state index in [1.165, 1.54) is 12.1 Å². The van der Waals surface area contributed by atoms with Crippen molar-refractivity contribution in [1.82, 2.24) is 10.6 Å². The SMILES string of the molecule is CC(N[C@@H](C)c1ccc(F)cc1)C(=O)NC1CC1. The number of halogens is 1. The Morgan fingerprint density at radius 2 is 1.89 bits per heavy atom. The molecule has 2 rings (SSSR count). The molecule has 0 bridgehead atoms. The molecule has 2 N–H and O–H groups in total. The monoisotopic (exact) mass is 250 g/mol. The predicted octanol–water partition coefficient (Wildman–Crippen LogP) is 2.14. The first-order valence-electron chi connectivity index (χ1n) is 6.38. The van der Waals surface area contributed by atoms with Crippen LogP contribution in [-0.4, -0.2) is 18.0 Å². The molecule has 1 saturated carbocycles.